The smallest absolute Gasteiger partial charge is 0.195 e. The molecular weight excluding hydrogens is 220 g/mol. The van der Waals surface area contributed by atoms with Gasteiger partial charge in [0.1, 0.15) is 11.8 Å². The molecular formula is C9H5ClN2OS. The Balaban J connectivity index is 2.71. The van der Waals surface area contributed by atoms with Gasteiger partial charge in [-0.2, -0.15) is 5.26 Å². The predicted molar refractivity (Wildman–Crippen MR) is 55.9 cm³/mol. The molecule has 1 heterocycles. The van der Waals surface area contributed by atoms with E-state index in [1.807, 2.05) is 6.07 Å². The summed E-state index contributed by atoms with van der Waals surface area (Å²) in [5.74, 6) is 0.604. The molecule has 0 radical (unpaired) electrons. The summed E-state index contributed by atoms with van der Waals surface area (Å²) >= 11 is 7.24. The van der Waals surface area contributed by atoms with Crippen molar-refractivity contribution in [1.82, 2.24) is 4.98 Å². The molecule has 0 spiro atoms. The Morgan fingerprint density at radius 1 is 1.57 bits per heavy atom. The molecule has 2 rings (SSSR count). The monoisotopic (exact) mass is 224 g/mol. The van der Waals surface area contributed by atoms with Crippen molar-refractivity contribution in [1.29, 1.82) is 5.26 Å². The first-order valence-corrected chi connectivity index (χ1v) is 4.98. The molecule has 0 aliphatic carbocycles. The molecule has 70 valence electrons. The maximum atomic E-state index is 8.67. The van der Waals surface area contributed by atoms with Crippen molar-refractivity contribution >= 4 is 33.2 Å². The third-order valence-corrected chi connectivity index (χ3v) is 2.98. The molecule has 0 saturated heterocycles. The SMILES string of the molecule is COc1cc2sc(C#N)nc2cc1Cl. The van der Waals surface area contributed by atoms with Crippen molar-refractivity contribution in [3.63, 3.8) is 0 Å². The molecule has 0 aliphatic heterocycles. The van der Waals surface area contributed by atoms with Crippen molar-refractivity contribution in [3.8, 4) is 11.8 Å². The predicted octanol–water partition coefficient (Wildman–Crippen LogP) is 2.83. The molecule has 0 fully saturated rings. The van der Waals surface area contributed by atoms with Crippen molar-refractivity contribution in [2.45, 2.75) is 0 Å². The summed E-state index contributed by atoms with van der Waals surface area (Å²) in [7, 11) is 1.55. The maximum absolute atomic E-state index is 8.67. The Labute approximate surface area is 89.5 Å². The number of methoxy groups -OCH3 is 1. The summed E-state index contributed by atoms with van der Waals surface area (Å²) in [5, 5.41) is 9.61. The lowest BCUT2D eigenvalue weighted by Gasteiger charge is -2.00. The Hall–Kier alpha value is -1.31. The van der Waals surface area contributed by atoms with Gasteiger partial charge in [-0.05, 0) is 6.07 Å². The molecule has 0 amide bonds. The van der Waals surface area contributed by atoms with E-state index in [0.29, 0.717) is 15.8 Å². The Morgan fingerprint density at radius 2 is 2.36 bits per heavy atom. The summed E-state index contributed by atoms with van der Waals surface area (Å²) in [4.78, 5) is 4.08. The summed E-state index contributed by atoms with van der Waals surface area (Å²) in [6.45, 7) is 0. The summed E-state index contributed by atoms with van der Waals surface area (Å²) in [5.41, 5.74) is 0.734. The topological polar surface area (TPSA) is 45.9 Å². The quantitative estimate of drug-likeness (QED) is 0.748. The van der Waals surface area contributed by atoms with Crippen LogP contribution in [-0.4, -0.2) is 12.1 Å². The summed E-state index contributed by atoms with van der Waals surface area (Å²) < 4.78 is 5.97. The third kappa shape index (κ3) is 1.41. The first-order valence-electron chi connectivity index (χ1n) is 3.79. The number of hydrogen-bond acceptors (Lipinski definition) is 4. The Kier molecular flexibility index (Phi) is 2.28. The highest BCUT2D eigenvalue weighted by Crippen LogP contribution is 2.32. The molecule has 2 aromatic rings. The number of aromatic nitrogens is 1. The fourth-order valence-electron chi connectivity index (χ4n) is 1.13. The number of benzene rings is 1. The molecule has 0 atom stereocenters. The van der Waals surface area contributed by atoms with Crippen LogP contribution in [0.5, 0.6) is 5.75 Å². The van der Waals surface area contributed by atoms with Gasteiger partial charge < -0.3 is 4.74 Å². The number of halogens is 1. The van der Waals surface area contributed by atoms with Crippen LogP contribution in [0.15, 0.2) is 12.1 Å². The van der Waals surface area contributed by atoms with E-state index in [4.69, 9.17) is 21.6 Å². The number of fused-ring (bicyclic) bond motifs is 1. The number of rotatable bonds is 1. The zero-order valence-corrected chi connectivity index (χ0v) is 8.82. The zero-order chi connectivity index (χ0) is 10.1. The van der Waals surface area contributed by atoms with Crippen LogP contribution in [0.3, 0.4) is 0 Å². The van der Waals surface area contributed by atoms with Crippen molar-refractivity contribution in [2.24, 2.45) is 0 Å². The van der Waals surface area contributed by atoms with Crippen molar-refractivity contribution in [2.75, 3.05) is 7.11 Å². The van der Waals surface area contributed by atoms with Crippen LogP contribution in [0.1, 0.15) is 5.01 Å². The number of thiazole rings is 1. The third-order valence-electron chi connectivity index (χ3n) is 1.76. The molecule has 0 saturated carbocycles. The largest absolute Gasteiger partial charge is 0.495 e. The van der Waals surface area contributed by atoms with Gasteiger partial charge in [-0.1, -0.05) is 11.6 Å². The van der Waals surface area contributed by atoms with Crippen LogP contribution in [0.25, 0.3) is 10.2 Å². The Morgan fingerprint density at radius 3 is 3.00 bits per heavy atom. The van der Waals surface area contributed by atoms with Crippen LogP contribution < -0.4 is 4.74 Å². The minimum Gasteiger partial charge on any atom is -0.495 e. The fourth-order valence-corrected chi connectivity index (χ4v) is 2.14. The maximum Gasteiger partial charge on any atom is 0.195 e. The molecule has 0 aliphatic rings. The second kappa shape index (κ2) is 3.45. The number of nitrogens with zero attached hydrogens (tertiary/aromatic N) is 2. The van der Waals surface area contributed by atoms with Gasteiger partial charge in [0.25, 0.3) is 0 Å². The van der Waals surface area contributed by atoms with E-state index >= 15 is 0 Å². The average molecular weight is 225 g/mol. The zero-order valence-electron chi connectivity index (χ0n) is 7.24. The second-order valence-corrected chi connectivity index (χ2v) is 4.02. The van der Waals surface area contributed by atoms with Gasteiger partial charge in [-0.3, -0.25) is 0 Å². The standard InChI is InChI=1S/C9H5ClN2OS/c1-13-7-3-8-6(2-5(7)10)12-9(4-11)14-8/h2-3H,1H3. The first-order chi connectivity index (χ1) is 6.74. The normalized spacial score (nSPS) is 10.1. The molecule has 5 heteroatoms. The lowest BCUT2D eigenvalue weighted by molar-refractivity contribution is 0.415. The van der Waals surface area contributed by atoms with Crippen molar-refractivity contribution in [3.05, 3.63) is 22.2 Å². The van der Waals surface area contributed by atoms with E-state index < -0.39 is 0 Å². The van der Waals surface area contributed by atoms with E-state index in [9.17, 15) is 0 Å². The molecule has 3 nitrogen and oxygen atoms in total. The number of nitriles is 1. The van der Waals surface area contributed by atoms with Crippen LogP contribution in [0, 0.1) is 11.3 Å². The molecule has 0 N–H and O–H groups in total. The minimum absolute atomic E-state index is 0.435. The van der Waals surface area contributed by atoms with Gasteiger partial charge >= 0.3 is 0 Å². The highest BCUT2D eigenvalue weighted by molar-refractivity contribution is 7.19. The molecule has 0 bridgehead atoms. The summed E-state index contributed by atoms with van der Waals surface area (Å²) in [6, 6.07) is 5.49. The fraction of sp³-hybridized carbons (Fsp3) is 0.111. The minimum atomic E-state index is 0.435. The molecule has 1 aromatic heterocycles. The molecule has 0 unspecified atom stereocenters. The van der Waals surface area contributed by atoms with E-state index in [0.717, 1.165) is 10.2 Å². The van der Waals surface area contributed by atoms with E-state index in [1.165, 1.54) is 11.3 Å². The first kappa shape index (κ1) is 9.25. The van der Waals surface area contributed by atoms with Crippen molar-refractivity contribution < 1.29 is 4.74 Å². The average Bonchev–Trinajstić information content (AvgIpc) is 2.58. The van der Waals surface area contributed by atoms with Crippen LogP contribution in [-0.2, 0) is 0 Å². The Bertz CT molecular complexity index is 529. The lowest BCUT2D eigenvalue weighted by Crippen LogP contribution is -1.83. The highest BCUT2D eigenvalue weighted by atomic mass is 35.5. The number of hydrogen-bond donors (Lipinski definition) is 0. The van der Waals surface area contributed by atoms with E-state index in [2.05, 4.69) is 4.98 Å². The second-order valence-electron chi connectivity index (χ2n) is 2.59. The molecule has 1 aromatic carbocycles. The molecule has 14 heavy (non-hydrogen) atoms. The van der Waals surface area contributed by atoms with E-state index in [-0.39, 0.29) is 0 Å². The van der Waals surface area contributed by atoms with Crippen LogP contribution in [0.2, 0.25) is 5.02 Å². The highest BCUT2D eigenvalue weighted by Gasteiger charge is 2.07. The van der Waals surface area contributed by atoms with Gasteiger partial charge in [-0.15, -0.1) is 11.3 Å². The van der Waals surface area contributed by atoms with Gasteiger partial charge in [0, 0.05) is 6.07 Å². The lowest BCUT2D eigenvalue weighted by atomic mass is 10.3. The van der Waals surface area contributed by atoms with Crippen LogP contribution >= 0.6 is 22.9 Å². The van der Waals surface area contributed by atoms with Crippen LogP contribution in [0.4, 0.5) is 0 Å². The van der Waals surface area contributed by atoms with Gasteiger partial charge in [0.05, 0.1) is 22.3 Å². The van der Waals surface area contributed by atoms with Gasteiger partial charge in [0.2, 0.25) is 0 Å². The van der Waals surface area contributed by atoms with Gasteiger partial charge in [0.15, 0.2) is 5.01 Å². The van der Waals surface area contributed by atoms with E-state index in [1.54, 1.807) is 19.2 Å². The van der Waals surface area contributed by atoms with Gasteiger partial charge in [-0.25, -0.2) is 4.98 Å². The summed E-state index contributed by atoms with van der Waals surface area (Å²) in [6.07, 6.45) is 0. The number of ether oxygens (including phenoxy) is 1.